The summed E-state index contributed by atoms with van der Waals surface area (Å²) in [6.07, 6.45) is 1.69. The van der Waals surface area contributed by atoms with Crippen molar-refractivity contribution in [1.82, 2.24) is 5.43 Å². The molecule has 0 atom stereocenters. The van der Waals surface area contributed by atoms with Crippen LogP contribution < -0.4 is 11.2 Å². The lowest BCUT2D eigenvalue weighted by Crippen LogP contribution is -2.22. The Kier molecular flexibility index (Phi) is 6.04. The first-order chi connectivity index (χ1) is 8.54. The van der Waals surface area contributed by atoms with E-state index in [2.05, 4.69) is 17.1 Å². The van der Waals surface area contributed by atoms with Crippen LogP contribution in [0.4, 0.5) is 0 Å². The van der Waals surface area contributed by atoms with Gasteiger partial charge < -0.3 is 5.73 Å². The van der Waals surface area contributed by atoms with E-state index in [9.17, 15) is 4.79 Å². The molecule has 1 amide bonds. The number of hydrazone groups is 1. The van der Waals surface area contributed by atoms with Crippen LogP contribution in [0.5, 0.6) is 0 Å². The van der Waals surface area contributed by atoms with Gasteiger partial charge in [-0.05, 0) is 18.2 Å². The van der Waals surface area contributed by atoms with Crippen LogP contribution in [0.1, 0.15) is 10.4 Å². The molecule has 0 aliphatic rings. The number of amidine groups is 1. The second kappa shape index (κ2) is 7.31. The standard InChI is InChI=1S/C11H11Cl2N3OS/c1-2-5-18-11(14)16-15-10(17)8-4-3-7(12)6-9(8)13/h2-4,6H,1,5H2,(H2,14,16)(H,15,17). The number of carbonyl (C=O) groups excluding carboxylic acids is 1. The van der Waals surface area contributed by atoms with E-state index >= 15 is 0 Å². The van der Waals surface area contributed by atoms with Crippen LogP contribution >= 0.6 is 35.0 Å². The van der Waals surface area contributed by atoms with Crippen molar-refractivity contribution in [2.45, 2.75) is 0 Å². The minimum absolute atomic E-state index is 0.244. The summed E-state index contributed by atoms with van der Waals surface area (Å²) < 4.78 is 0. The number of carbonyl (C=O) groups is 1. The second-order valence-corrected chi connectivity index (χ2v) is 5.00. The van der Waals surface area contributed by atoms with Gasteiger partial charge in [0.2, 0.25) is 0 Å². The number of rotatable bonds is 4. The van der Waals surface area contributed by atoms with E-state index in [1.165, 1.54) is 23.9 Å². The predicted molar refractivity (Wildman–Crippen MR) is 78.2 cm³/mol. The van der Waals surface area contributed by atoms with Gasteiger partial charge in [0.25, 0.3) is 5.91 Å². The summed E-state index contributed by atoms with van der Waals surface area (Å²) in [5.74, 6) is 0.172. The highest BCUT2D eigenvalue weighted by atomic mass is 35.5. The van der Waals surface area contributed by atoms with E-state index in [0.717, 1.165) is 0 Å². The fourth-order valence-corrected chi connectivity index (χ4v) is 1.91. The number of benzene rings is 1. The molecule has 4 nitrogen and oxygen atoms in total. The first kappa shape index (κ1) is 14.9. The van der Waals surface area contributed by atoms with Crippen LogP contribution in [0.3, 0.4) is 0 Å². The van der Waals surface area contributed by atoms with E-state index < -0.39 is 5.91 Å². The fourth-order valence-electron chi connectivity index (χ4n) is 1.02. The summed E-state index contributed by atoms with van der Waals surface area (Å²) in [7, 11) is 0. The zero-order valence-corrected chi connectivity index (χ0v) is 11.6. The summed E-state index contributed by atoms with van der Waals surface area (Å²) in [4.78, 5) is 11.7. The van der Waals surface area contributed by atoms with Gasteiger partial charge in [-0.3, -0.25) is 4.79 Å². The minimum Gasteiger partial charge on any atom is -0.377 e. The van der Waals surface area contributed by atoms with E-state index in [0.29, 0.717) is 10.8 Å². The van der Waals surface area contributed by atoms with Gasteiger partial charge in [0.15, 0.2) is 5.17 Å². The van der Waals surface area contributed by atoms with Crippen LogP contribution in [0.15, 0.2) is 36.0 Å². The fraction of sp³-hybridized carbons (Fsp3) is 0.0909. The molecule has 0 spiro atoms. The lowest BCUT2D eigenvalue weighted by Gasteiger charge is -2.03. The largest absolute Gasteiger partial charge is 0.377 e. The zero-order valence-electron chi connectivity index (χ0n) is 9.32. The Morgan fingerprint density at radius 1 is 1.56 bits per heavy atom. The molecule has 18 heavy (non-hydrogen) atoms. The highest BCUT2D eigenvalue weighted by molar-refractivity contribution is 8.13. The Labute approximate surface area is 119 Å². The monoisotopic (exact) mass is 303 g/mol. The van der Waals surface area contributed by atoms with Gasteiger partial charge >= 0.3 is 0 Å². The molecule has 0 saturated heterocycles. The number of halogens is 2. The number of nitrogens with zero attached hydrogens (tertiary/aromatic N) is 1. The molecule has 0 aliphatic carbocycles. The number of thioether (sulfide) groups is 1. The number of hydrogen-bond donors (Lipinski definition) is 2. The molecule has 0 heterocycles. The highest BCUT2D eigenvalue weighted by Crippen LogP contribution is 2.20. The van der Waals surface area contributed by atoms with Crippen molar-refractivity contribution in [1.29, 1.82) is 0 Å². The van der Waals surface area contributed by atoms with E-state index in [1.807, 2.05) is 0 Å². The topological polar surface area (TPSA) is 67.5 Å². The normalized spacial score (nSPS) is 11.1. The lowest BCUT2D eigenvalue weighted by molar-refractivity contribution is 0.0955. The van der Waals surface area contributed by atoms with E-state index in [1.54, 1.807) is 12.1 Å². The van der Waals surface area contributed by atoms with Crippen molar-refractivity contribution < 1.29 is 4.79 Å². The van der Waals surface area contributed by atoms with Crippen LogP contribution in [-0.2, 0) is 0 Å². The van der Waals surface area contributed by atoms with Gasteiger partial charge in [-0.15, -0.1) is 11.7 Å². The Morgan fingerprint density at radius 3 is 2.89 bits per heavy atom. The van der Waals surface area contributed by atoms with Gasteiger partial charge in [0.1, 0.15) is 0 Å². The number of amides is 1. The van der Waals surface area contributed by atoms with E-state index in [-0.39, 0.29) is 15.8 Å². The van der Waals surface area contributed by atoms with Crippen LogP contribution in [-0.4, -0.2) is 16.8 Å². The second-order valence-electron chi connectivity index (χ2n) is 3.11. The third-order valence-electron chi connectivity index (χ3n) is 1.79. The molecular formula is C11H11Cl2N3OS. The third-order valence-corrected chi connectivity index (χ3v) is 3.13. The van der Waals surface area contributed by atoms with Crippen molar-refractivity contribution in [2.24, 2.45) is 10.8 Å². The van der Waals surface area contributed by atoms with Gasteiger partial charge in [-0.2, -0.15) is 0 Å². The molecule has 3 N–H and O–H groups in total. The van der Waals surface area contributed by atoms with Crippen molar-refractivity contribution in [3.8, 4) is 0 Å². The molecular weight excluding hydrogens is 293 g/mol. The van der Waals surface area contributed by atoms with Crippen LogP contribution in [0, 0.1) is 0 Å². The SMILES string of the molecule is C=CCS/C(N)=N/NC(=O)c1ccc(Cl)cc1Cl. The van der Waals surface area contributed by atoms with Gasteiger partial charge in [-0.25, -0.2) is 5.43 Å². The van der Waals surface area contributed by atoms with Crippen molar-refractivity contribution in [2.75, 3.05) is 5.75 Å². The summed E-state index contributed by atoms with van der Waals surface area (Å²) in [6.45, 7) is 3.55. The maximum absolute atomic E-state index is 11.7. The van der Waals surface area contributed by atoms with Crippen molar-refractivity contribution in [3.63, 3.8) is 0 Å². The summed E-state index contributed by atoms with van der Waals surface area (Å²) in [5.41, 5.74) is 8.14. The molecule has 0 radical (unpaired) electrons. The molecule has 96 valence electrons. The molecule has 0 bridgehead atoms. The molecule has 0 saturated carbocycles. The maximum Gasteiger partial charge on any atom is 0.272 e. The van der Waals surface area contributed by atoms with Crippen molar-refractivity contribution >= 4 is 46.0 Å². The summed E-state index contributed by atoms with van der Waals surface area (Å²) >= 11 is 12.9. The van der Waals surface area contributed by atoms with E-state index in [4.69, 9.17) is 28.9 Å². The number of hydrogen-bond acceptors (Lipinski definition) is 3. The van der Waals surface area contributed by atoms with Crippen molar-refractivity contribution in [3.05, 3.63) is 46.5 Å². The first-order valence-corrected chi connectivity index (χ1v) is 6.61. The maximum atomic E-state index is 11.7. The summed E-state index contributed by atoms with van der Waals surface area (Å²) in [5, 5.41) is 4.68. The smallest absolute Gasteiger partial charge is 0.272 e. The summed E-state index contributed by atoms with van der Waals surface area (Å²) in [6, 6.07) is 4.57. The Bertz CT molecular complexity index is 491. The minimum atomic E-state index is -0.446. The molecule has 0 aromatic heterocycles. The average molecular weight is 304 g/mol. The van der Waals surface area contributed by atoms with Gasteiger partial charge in [-0.1, -0.05) is 41.0 Å². The average Bonchev–Trinajstić information content (AvgIpc) is 2.33. The first-order valence-electron chi connectivity index (χ1n) is 4.87. The number of nitrogens with two attached hydrogens (primary N) is 1. The molecule has 7 heteroatoms. The number of nitrogens with one attached hydrogen (secondary N) is 1. The molecule has 0 aliphatic heterocycles. The van der Waals surface area contributed by atoms with Gasteiger partial charge in [0, 0.05) is 10.8 Å². The molecule has 1 aromatic rings. The molecule has 0 fully saturated rings. The van der Waals surface area contributed by atoms with Gasteiger partial charge in [0.05, 0.1) is 10.6 Å². The third kappa shape index (κ3) is 4.60. The zero-order chi connectivity index (χ0) is 13.5. The van der Waals surface area contributed by atoms with Crippen LogP contribution in [0.25, 0.3) is 0 Å². The quantitative estimate of drug-likeness (QED) is 0.389. The highest BCUT2D eigenvalue weighted by Gasteiger charge is 2.09. The Hall–Kier alpha value is -1.17. The molecule has 0 unspecified atom stereocenters. The lowest BCUT2D eigenvalue weighted by atomic mass is 10.2. The molecule has 1 aromatic carbocycles. The Balaban J connectivity index is 2.68. The Morgan fingerprint density at radius 2 is 2.28 bits per heavy atom. The van der Waals surface area contributed by atoms with Crippen LogP contribution in [0.2, 0.25) is 10.0 Å². The predicted octanol–water partition coefficient (Wildman–Crippen LogP) is 2.87. The molecule has 1 rings (SSSR count).